The van der Waals surface area contributed by atoms with Crippen LogP contribution in [-0.4, -0.2) is 18.1 Å². The van der Waals surface area contributed by atoms with Gasteiger partial charge in [-0.25, -0.2) is 4.98 Å². The first-order valence-electron chi connectivity index (χ1n) is 6.59. The molecule has 2 fully saturated rings. The summed E-state index contributed by atoms with van der Waals surface area (Å²) in [6, 6.07) is 0. The van der Waals surface area contributed by atoms with Gasteiger partial charge in [-0.2, -0.15) is 0 Å². The maximum absolute atomic E-state index is 5.66. The maximum atomic E-state index is 5.66. The van der Waals surface area contributed by atoms with Gasteiger partial charge in [-0.15, -0.1) is 0 Å². The number of piperidine rings is 1. The molecule has 0 amide bonds. The molecule has 3 nitrogen and oxygen atoms in total. The Morgan fingerprint density at radius 1 is 1.12 bits per heavy atom. The first kappa shape index (κ1) is 10.3. The smallest absolute Gasteiger partial charge is 0.197 e. The van der Waals surface area contributed by atoms with Crippen molar-refractivity contribution in [3.8, 4) is 0 Å². The highest BCUT2D eigenvalue weighted by molar-refractivity contribution is 5.09. The van der Waals surface area contributed by atoms with Crippen LogP contribution in [0, 0.1) is 0 Å². The normalized spacial score (nSPS) is 27.4. The van der Waals surface area contributed by atoms with Crippen LogP contribution in [0.1, 0.15) is 61.9 Å². The minimum atomic E-state index is 0.577. The Labute approximate surface area is 96.6 Å². The van der Waals surface area contributed by atoms with Gasteiger partial charge in [0, 0.05) is 18.4 Å². The number of rotatable bonds is 2. The van der Waals surface area contributed by atoms with E-state index < -0.39 is 0 Å². The van der Waals surface area contributed by atoms with Crippen LogP contribution in [0.2, 0.25) is 0 Å². The molecule has 0 radical (unpaired) electrons. The highest BCUT2D eigenvalue weighted by Crippen LogP contribution is 2.34. The summed E-state index contributed by atoms with van der Waals surface area (Å²) in [5, 5.41) is 3.43. The van der Waals surface area contributed by atoms with E-state index in [9.17, 15) is 0 Å². The van der Waals surface area contributed by atoms with Crippen LogP contribution in [-0.2, 0) is 0 Å². The van der Waals surface area contributed by atoms with Gasteiger partial charge in [0.15, 0.2) is 5.89 Å². The van der Waals surface area contributed by atoms with E-state index in [4.69, 9.17) is 9.40 Å². The van der Waals surface area contributed by atoms with Crippen molar-refractivity contribution in [2.75, 3.05) is 13.1 Å². The number of aromatic nitrogens is 1. The third-order valence-corrected chi connectivity index (χ3v) is 3.96. The summed E-state index contributed by atoms with van der Waals surface area (Å²) in [6.45, 7) is 2.22. The van der Waals surface area contributed by atoms with Crippen LogP contribution in [0.4, 0.5) is 0 Å². The molecule has 1 saturated heterocycles. The topological polar surface area (TPSA) is 38.1 Å². The van der Waals surface area contributed by atoms with E-state index >= 15 is 0 Å². The fourth-order valence-corrected chi connectivity index (χ4v) is 2.95. The molecule has 1 aliphatic carbocycles. The Bertz CT molecular complexity index is 335. The first-order chi connectivity index (χ1) is 7.93. The van der Waals surface area contributed by atoms with Gasteiger partial charge < -0.3 is 9.73 Å². The molecular formula is C13H20N2O. The lowest BCUT2D eigenvalue weighted by molar-refractivity contribution is 0.444. The lowest BCUT2D eigenvalue weighted by Gasteiger charge is -2.20. The quantitative estimate of drug-likeness (QED) is 0.832. The number of hydrogen-bond acceptors (Lipinski definition) is 3. The summed E-state index contributed by atoms with van der Waals surface area (Å²) in [6.07, 6.45) is 9.62. The molecule has 1 atom stereocenters. The Hall–Kier alpha value is -0.830. The lowest BCUT2D eigenvalue weighted by Crippen LogP contribution is -2.28. The van der Waals surface area contributed by atoms with Crippen molar-refractivity contribution in [2.24, 2.45) is 0 Å². The first-order valence-corrected chi connectivity index (χ1v) is 6.59. The maximum Gasteiger partial charge on any atom is 0.197 e. The molecule has 88 valence electrons. The van der Waals surface area contributed by atoms with Gasteiger partial charge >= 0.3 is 0 Å². The number of nitrogens with zero attached hydrogens (tertiary/aromatic N) is 1. The SMILES string of the molecule is c1oc(C2CCCC2)nc1C1CCCNC1. The van der Waals surface area contributed by atoms with Crippen LogP contribution in [0.25, 0.3) is 0 Å². The van der Waals surface area contributed by atoms with Crippen molar-refractivity contribution < 1.29 is 4.42 Å². The minimum Gasteiger partial charge on any atom is -0.448 e. The highest BCUT2D eigenvalue weighted by atomic mass is 16.3. The second-order valence-electron chi connectivity index (χ2n) is 5.14. The third kappa shape index (κ3) is 2.01. The molecule has 3 rings (SSSR count). The standard InChI is InChI=1S/C13H20N2O/c1-2-5-10(4-1)13-15-12(9-16-13)11-6-3-7-14-8-11/h9-11,14H,1-8H2. The molecule has 1 aromatic heterocycles. The summed E-state index contributed by atoms with van der Waals surface area (Å²) < 4.78 is 5.66. The zero-order valence-electron chi connectivity index (χ0n) is 9.74. The monoisotopic (exact) mass is 220 g/mol. The summed E-state index contributed by atoms with van der Waals surface area (Å²) in [5.41, 5.74) is 1.18. The summed E-state index contributed by atoms with van der Waals surface area (Å²) >= 11 is 0. The summed E-state index contributed by atoms with van der Waals surface area (Å²) in [7, 11) is 0. The van der Waals surface area contributed by atoms with Crippen LogP contribution in [0.15, 0.2) is 10.7 Å². The average Bonchev–Trinajstić information content (AvgIpc) is 3.01. The second kappa shape index (κ2) is 4.58. The van der Waals surface area contributed by atoms with Crippen LogP contribution in [0.5, 0.6) is 0 Å². The van der Waals surface area contributed by atoms with Crippen molar-refractivity contribution in [1.82, 2.24) is 10.3 Å². The molecule has 1 aromatic rings. The van der Waals surface area contributed by atoms with Crippen molar-refractivity contribution in [2.45, 2.75) is 50.4 Å². The van der Waals surface area contributed by atoms with E-state index in [1.54, 1.807) is 0 Å². The molecule has 1 aliphatic heterocycles. The minimum absolute atomic E-state index is 0.577. The number of oxazole rings is 1. The predicted molar refractivity (Wildman–Crippen MR) is 62.6 cm³/mol. The van der Waals surface area contributed by atoms with Crippen LogP contribution < -0.4 is 5.32 Å². The van der Waals surface area contributed by atoms with Gasteiger partial charge in [-0.1, -0.05) is 12.8 Å². The van der Waals surface area contributed by atoms with Gasteiger partial charge in [0.1, 0.15) is 6.26 Å². The molecule has 3 heteroatoms. The fourth-order valence-electron chi connectivity index (χ4n) is 2.95. The van der Waals surface area contributed by atoms with E-state index in [1.807, 2.05) is 6.26 Å². The predicted octanol–water partition coefficient (Wildman–Crippen LogP) is 2.80. The molecule has 0 aromatic carbocycles. The number of hydrogen-bond donors (Lipinski definition) is 1. The van der Waals surface area contributed by atoms with E-state index in [2.05, 4.69) is 5.32 Å². The van der Waals surface area contributed by atoms with Gasteiger partial charge in [0.05, 0.1) is 5.69 Å². The third-order valence-electron chi connectivity index (χ3n) is 3.96. The molecular weight excluding hydrogens is 200 g/mol. The zero-order valence-corrected chi connectivity index (χ0v) is 9.74. The molecule has 0 bridgehead atoms. The molecule has 2 heterocycles. The van der Waals surface area contributed by atoms with Gasteiger partial charge in [-0.3, -0.25) is 0 Å². The Morgan fingerprint density at radius 2 is 1.94 bits per heavy atom. The molecule has 1 unspecified atom stereocenters. The lowest BCUT2D eigenvalue weighted by atomic mass is 9.97. The largest absolute Gasteiger partial charge is 0.448 e. The number of nitrogens with one attached hydrogen (secondary N) is 1. The summed E-state index contributed by atoms with van der Waals surface area (Å²) in [5.74, 6) is 2.18. The average molecular weight is 220 g/mol. The van der Waals surface area contributed by atoms with E-state index in [0.29, 0.717) is 11.8 Å². The van der Waals surface area contributed by atoms with Crippen LogP contribution >= 0.6 is 0 Å². The van der Waals surface area contributed by atoms with E-state index in [0.717, 1.165) is 19.0 Å². The van der Waals surface area contributed by atoms with Crippen molar-refractivity contribution in [3.05, 3.63) is 17.8 Å². The summed E-state index contributed by atoms with van der Waals surface area (Å²) in [4.78, 5) is 4.71. The van der Waals surface area contributed by atoms with Crippen molar-refractivity contribution in [1.29, 1.82) is 0 Å². The van der Waals surface area contributed by atoms with Crippen molar-refractivity contribution >= 4 is 0 Å². The molecule has 16 heavy (non-hydrogen) atoms. The fraction of sp³-hybridized carbons (Fsp3) is 0.769. The molecule has 1 saturated carbocycles. The zero-order chi connectivity index (χ0) is 10.8. The Morgan fingerprint density at radius 3 is 2.69 bits per heavy atom. The second-order valence-corrected chi connectivity index (χ2v) is 5.14. The van der Waals surface area contributed by atoms with E-state index in [1.165, 1.54) is 44.2 Å². The van der Waals surface area contributed by atoms with E-state index in [-0.39, 0.29) is 0 Å². The van der Waals surface area contributed by atoms with Crippen LogP contribution in [0.3, 0.4) is 0 Å². The highest BCUT2D eigenvalue weighted by Gasteiger charge is 2.24. The van der Waals surface area contributed by atoms with Crippen molar-refractivity contribution in [3.63, 3.8) is 0 Å². The Kier molecular flexibility index (Phi) is 2.96. The molecule has 0 spiro atoms. The van der Waals surface area contributed by atoms with Gasteiger partial charge in [0.25, 0.3) is 0 Å². The molecule has 2 aliphatic rings. The van der Waals surface area contributed by atoms with Gasteiger partial charge in [0.2, 0.25) is 0 Å². The molecule has 1 N–H and O–H groups in total. The Balaban J connectivity index is 1.71. The van der Waals surface area contributed by atoms with Gasteiger partial charge in [-0.05, 0) is 32.2 Å².